The van der Waals surface area contributed by atoms with Gasteiger partial charge in [-0.1, -0.05) is 36.4 Å². The van der Waals surface area contributed by atoms with Crippen molar-refractivity contribution in [3.8, 4) is 0 Å². The van der Waals surface area contributed by atoms with Crippen molar-refractivity contribution in [1.29, 1.82) is 0 Å². The molecule has 2 atom stereocenters. The predicted octanol–water partition coefficient (Wildman–Crippen LogP) is 3.52. The summed E-state index contributed by atoms with van der Waals surface area (Å²) in [7, 11) is 0. The molecule has 0 radical (unpaired) electrons. The molecule has 150 valence electrons. The van der Waals surface area contributed by atoms with E-state index in [1.165, 1.54) is 6.07 Å². The molecular formula is C23H23FN2O3. The lowest BCUT2D eigenvalue weighted by Crippen LogP contribution is -2.51. The van der Waals surface area contributed by atoms with Crippen molar-refractivity contribution >= 4 is 11.8 Å². The minimum absolute atomic E-state index is 0.0179. The number of carbonyl (C=O) groups is 2. The fourth-order valence-corrected chi connectivity index (χ4v) is 4.93. The first kappa shape index (κ1) is 18.3. The van der Waals surface area contributed by atoms with E-state index in [4.69, 9.17) is 4.74 Å². The zero-order chi connectivity index (χ0) is 20.0. The lowest BCUT2D eigenvalue weighted by atomic mass is 9.89. The topological polar surface area (TPSA) is 49.9 Å². The molecule has 2 unspecified atom stereocenters. The number of fused-ring (bicyclic) bond motifs is 1. The second kappa shape index (κ2) is 6.95. The van der Waals surface area contributed by atoms with Gasteiger partial charge in [-0.3, -0.25) is 9.59 Å². The van der Waals surface area contributed by atoms with Crippen LogP contribution in [0.4, 0.5) is 4.39 Å². The average molecular weight is 394 g/mol. The first-order chi connectivity index (χ1) is 14.1. The van der Waals surface area contributed by atoms with Crippen molar-refractivity contribution in [2.45, 2.75) is 43.6 Å². The molecule has 0 aromatic heterocycles. The molecule has 0 saturated carbocycles. The molecule has 6 heteroatoms. The highest BCUT2D eigenvalue weighted by molar-refractivity contribution is 5.95. The Kier molecular flexibility index (Phi) is 4.39. The fraction of sp³-hybridized carbons (Fsp3) is 0.391. The molecule has 0 N–H and O–H groups in total. The molecule has 1 spiro atoms. The van der Waals surface area contributed by atoms with Gasteiger partial charge in [0.25, 0.3) is 11.8 Å². The number of likely N-dealkylation sites (tertiary alicyclic amines) is 1. The quantitative estimate of drug-likeness (QED) is 0.783. The zero-order valence-electron chi connectivity index (χ0n) is 16.1. The molecule has 5 rings (SSSR count). The number of hydrogen-bond donors (Lipinski definition) is 0. The van der Waals surface area contributed by atoms with Crippen molar-refractivity contribution in [2.75, 3.05) is 13.1 Å². The van der Waals surface area contributed by atoms with Gasteiger partial charge in [-0.05, 0) is 31.0 Å². The molecule has 2 aromatic carbocycles. The van der Waals surface area contributed by atoms with Crippen LogP contribution < -0.4 is 0 Å². The lowest BCUT2D eigenvalue weighted by Gasteiger charge is -2.37. The number of halogens is 1. The Morgan fingerprint density at radius 3 is 2.41 bits per heavy atom. The molecular weight excluding hydrogens is 371 g/mol. The summed E-state index contributed by atoms with van der Waals surface area (Å²) in [6.07, 6.45) is 2.05. The molecule has 3 fully saturated rings. The van der Waals surface area contributed by atoms with E-state index in [1.807, 2.05) is 18.2 Å². The molecule has 2 aromatic rings. The van der Waals surface area contributed by atoms with Crippen LogP contribution in [-0.2, 0) is 9.53 Å². The van der Waals surface area contributed by atoms with Crippen LogP contribution in [0, 0.1) is 5.82 Å². The lowest BCUT2D eigenvalue weighted by molar-refractivity contribution is -0.142. The summed E-state index contributed by atoms with van der Waals surface area (Å²) < 4.78 is 20.6. The van der Waals surface area contributed by atoms with Crippen LogP contribution in [0.25, 0.3) is 0 Å². The van der Waals surface area contributed by atoms with E-state index < -0.39 is 5.60 Å². The molecule has 5 nitrogen and oxygen atoms in total. The average Bonchev–Trinajstić information content (AvgIpc) is 3.27. The van der Waals surface area contributed by atoms with E-state index in [1.54, 1.807) is 40.1 Å². The van der Waals surface area contributed by atoms with Crippen LogP contribution in [-0.4, -0.2) is 46.5 Å². The third-order valence-electron chi connectivity index (χ3n) is 6.46. The van der Waals surface area contributed by atoms with Gasteiger partial charge in [-0.25, -0.2) is 4.39 Å². The summed E-state index contributed by atoms with van der Waals surface area (Å²) >= 11 is 0. The van der Waals surface area contributed by atoms with E-state index in [9.17, 15) is 14.0 Å². The van der Waals surface area contributed by atoms with Crippen LogP contribution in [0.1, 0.15) is 47.6 Å². The maximum absolute atomic E-state index is 14.3. The highest BCUT2D eigenvalue weighted by Gasteiger charge is 2.58. The standard InChI is InChI=1S/C23H23FN2O3/c24-18-9-5-4-8-17(18)19-10-11-20-26(19)22(28)23(29-20)12-14-25(15-13-23)21(27)16-6-2-1-3-7-16/h1-9,19-20H,10-15H2. The summed E-state index contributed by atoms with van der Waals surface area (Å²) in [5.41, 5.74) is 0.324. The SMILES string of the molecule is O=C(c1ccccc1)N1CCC2(CC1)OC1CCC(c3ccccc3F)N1C2=O. The van der Waals surface area contributed by atoms with E-state index in [-0.39, 0.29) is 29.9 Å². The van der Waals surface area contributed by atoms with Crippen LogP contribution in [0.2, 0.25) is 0 Å². The number of nitrogens with zero attached hydrogens (tertiary/aromatic N) is 2. The predicted molar refractivity (Wildman–Crippen MR) is 104 cm³/mol. The number of hydrogen-bond acceptors (Lipinski definition) is 3. The Morgan fingerprint density at radius 1 is 1.00 bits per heavy atom. The Morgan fingerprint density at radius 2 is 1.69 bits per heavy atom. The van der Waals surface area contributed by atoms with Crippen molar-refractivity contribution in [2.24, 2.45) is 0 Å². The normalized spacial score (nSPS) is 25.5. The Hall–Kier alpha value is -2.73. The number of rotatable bonds is 2. The van der Waals surface area contributed by atoms with E-state index in [0.717, 1.165) is 0 Å². The zero-order valence-corrected chi connectivity index (χ0v) is 16.1. The summed E-state index contributed by atoms with van der Waals surface area (Å²) in [5.74, 6) is -0.356. The molecule has 3 aliphatic heterocycles. The molecule has 2 amide bonds. The van der Waals surface area contributed by atoms with Gasteiger partial charge in [0.15, 0.2) is 5.60 Å². The second-order valence-electron chi connectivity index (χ2n) is 8.05. The van der Waals surface area contributed by atoms with Gasteiger partial charge < -0.3 is 14.5 Å². The highest BCUT2D eigenvalue weighted by atomic mass is 19.1. The van der Waals surface area contributed by atoms with Crippen molar-refractivity contribution < 1.29 is 18.7 Å². The summed E-state index contributed by atoms with van der Waals surface area (Å²) in [6.45, 7) is 0.953. The van der Waals surface area contributed by atoms with E-state index in [0.29, 0.717) is 49.9 Å². The van der Waals surface area contributed by atoms with Gasteiger partial charge in [0, 0.05) is 37.1 Å². The molecule has 0 aliphatic carbocycles. The minimum Gasteiger partial charge on any atom is -0.342 e. The summed E-state index contributed by atoms with van der Waals surface area (Å²) in [6, 6.07) is 15.6. The number of piperidine rings is 1. The largest absolute Gasteiger partial charge is 0.342 e. The number of carbonyl (C=O) groups excluding carboxylic acids is 2. The molecule has 3 saturated heterocycles. The smallest absolute Gasteiger partial charge is 0.257 e. The van der Waals surface area contributed by atoms with Crippen LogP contribution in [0.5, 0.6) is 0 Å². The molecule has 3 aliphatic rings. The third kappa shape index (κ3) is 2.94. The van der Waals surface area contributed by atoms with E-state index >= 15 is 0 Å². The van der Waals surface area contributed by atoms with Crippen molar-refractivity contribution in [1.82, 2.24) is 9.80 Å². The summed E-state index contributed by atoms with van der Waals surface area (Å²) in [4.78, 5) is 29.6. The van der Waals surface area contributed by atoms with Gasteiger partial charge >= 0.3 is 0 Å². The van der Waals surface area contributed by atoms with Crippen LogP contribution in [0.3, 0.4) is 0 Å². The van der Waals surface area contributed by atoms with Gasteiger partial charge in [0.1, 0.15) is 12.0 Å². The Bertz CT molecular complexity index is 940. The fourth-order valence-electron chi connectivity index (χ4n) is 4.93. The maximum atomic E-state index is 14.3. The first-order valence-electron chi connectivity index (χ1n) is 10.2. The maximum Gasteiger partial charge on any atom is 0.257 e. The second-order valence-corrected chi connectivity index (χ2v) is 8.05. The molecule has 0 bridgehead atoms. The molecule has 3 heterocycles. The first-order valence-corrected chi connectivity index (χ1v) is 10.2. The number of benzene rings is 2. The van der Waals surface area contributed by atoms with Crippen molar-refractivity contribution in [3.63, 3.8) is 0 Å². The van der Waals surface area contributed by atoms with Crippen LogP contribution in [0.15, 0.2) is 54.6 Å². The van der Waals surface area contributed by atoms with Gasteiger partial charge in [-0.2, -0.15) is 0 Å². The summed E-state index contributed by atoms with van der Waals surface area (Å²) in [5, 5.41) is 0. The molecule has 29 heavy (non-hydrogen) atoms. The number of ether oxygens (including phenoxy) is 1. The van der Waals surface area contributed by atoms with Crippen molar-refractivity contribution in [3.05, 3.63) is 71.5 Å². The van der Waals surface area contributed by atoms with Gasteiger partial charge in [0.05, 0.1) is 6.04 Å². The van der Waals surface area contributed by atoms with Gasteiger partial charge in [-0.15, -0.1) is 0 Å². The number of amides is 2. The highest BCUT2D eigenvalue weighted by Crippen LogP contribution is 2.48. The third-order valence-corrected chi connectivity index (χ3v) is 6.46. The minimum atomic E-state index is -0.887. The Labute approximate surface area is 169 Å². The Balaban J connectivity index is 1.32. The van der Waals surface area contributed by atoms with Crippen LogP contribution >= 0.6 is 0 Å². The monoisotopic (exact) mass is 394 g/mol. The van der Waals surface area contributed by atoms with Gasteiger partial charge in [0.2, 0.25) is 0 Å². The van der Waals surface area contributed by atoms with E-state index in [2.05, 4.69) is 0 Å².